The van der Waals surface area contributed by atoms with Crippen molar-refractivity contribution in [2.75, 3.05) is 31.1 Å². The summed E-state index contributed by atoms with van der Waals surface area (Å²) in [6.07, 6.45) is 0. The molecule has 10 heteroatoms. The van der Waals surface area contributed by atoms with Crippen LogP contribution >= 0.6 is 0 Å². The normalized spacial score (nSPS) is 10.3. The van der Waals surface area contributed by atoms with E-state index in [9.17, 15) is 19.8 Å². The second kappa shape index (κ2) is 15.2. The molecule has 0 aromatic heterocycles. The van der Waals surface area contributed by atoms with Gasteiger partial charge in [0.1, 0.15) is 24.4 Å². The number of anilines is 1. The number of carboxylic acid groups (broad SMARTS) is 2. The van der Waals surface area contributed by atoms with Gasteiger partial charge in [0.25, 0.3) is 0 Å². The minimum absolute atomic E-state index is 0. The van der Waals surface area contributed by atoms with E-state index in [0.29, 0.717) is 22.5 Å². The van der Waals surface area contributed by atoms with Crippen LogP contribution in [0.3, 0.4) is 0 Å². The summed E-state index contributed by atoms with van der Waals surface area (Å²) in [5, 5.41) is 21.2. The van der Waals surface area contributed by atoms with Crippen molar-refractivity contribution in [3.8, 4) is 22.5 Å². The first-order chi connectivity index (χ1) is 17.3. The zero-order chi connectivity index (χ0) is 26.0. The number of nitrogens with zero attached hydrogens (tertiary/aromatic N) is 2. The van der Waals surface area contributed by atoms with Crippen molar-refractivity contribution in [1.82, 2.24) is 4.58 Å². The predicted octanol–water partition coefficient (Wildman–Crippen LogP) is 1.50. The third kappa shape index (κ3) is 7.09. The van der Waals surface area contributed by atoms with Gasteiger partial charge in [-0.15, -0.1) is 0 Å². The molecule has 1 aliphatic carbocycles. The maximum Gasteiger partial charge on any atom is 0.336 e. The quantitative estimate of drug-likeness (QED) is 0.190. The van der Waals surface area contributed by atoms with E-state index in [1.54, 1.807) is 6.07 Å². The molecule has 196 valence electrons. The molecule has 2 aliphatic rings. The fraction of sp³-hybridized carbons (Fsp3) is 0.276. The van der Waals surface area contributed by atoms with Gasteiger partial charge in [0.15, 0.2) is 0 Å². The fourth-order valence-corrected chi connectivity index (χ4v) is 4.80. The van der Waals surface area contributed by atoms with Gasteiger partial charge >= 0.3 is 11.9 Å². The third-order valence-corrected chi connectivity index (χ3v) is 6.71. The van der Waals surface area contributed by atoms with Crippen molar-refractivity contribution in [1.29, 1.82) is 0 Å². The number of rotatable bonds is 8. The van der Waals surface area contributed by atoms with Crippen LogP contribution in [0.15, 0.2) is 59.0 Å². The van der Waals surface area contributed by atoms with Crippen molar-refractivity contribution in [3.63, 3.8) is 0 Å². The molecule has 2 radical (unpaired) electrons. The van der Waals surface area contributed by atoms with Crippen molar-refractivity contribution in [2.24, 2.45) is 0 Å². The first-order valence-corrected chi connectivity index (χ1v) is 12.3. The molecular weight excluding hydrogens is 538 g/mol. The molecule has 4 rings (SSSR count). The van der Waals surface area contributed by atoms with Gasteiger partial charge in [0, 0.05) is 107 Å². The largest absolute Gasteiger partial charge is 1.00 e. The van der Waals surface area contributed by atoms with Gasteiger partial charge < -0.3 is 31.9 Å². The van der Waals surface area contributed by atoms with E-state index in [2.05, 4.69) is 37.2 Å². The van der Waals surface area contributed by atoms with E-state index >= 15 is 0 Å². The van der Waals surface area contributed by atoms with Gasteiger partial charge in [0.2, 0.25) is 5.36 Å². The summed E-state index contributed by atoms with van der Waals surface area (Å²) in [5.74, 6) is -1.72. The van der Waals surface area contributed by atoms with Crippen molar-refractivity contribution in [3.05, 3.63) is 71.1 Å². The average molecular weight is 569 g/mol. The number of fused-ring (bicyclic) bond motifs is 2. The van der Waals surface area contributed by atoms with E-state index in [-0.39, 0.29) is 82.6 Å². The van der Waals surface area contributed by atoms with E-state index < -0.39 is 11.9 Å². The number of hydrogen-bond donors (Lipinski definition) is 2. The Morgan fingerprint density at radius 2 is 1.46 bits per heavy atom. The topological polar surface area (TPSA) is 94.0 Å². The Morgan fingerprint density at radius 1 is 0.821 bits per heavy atom. The number of carboxylic acids is 2. The summed E-state index contributed by atoms with van der Waals surface area (Å²) in [4.78, 5) is 26.0. The van der Waals surface area contributed by atoms with Gasteiger partial charge in [-0.25, -0.2) is 14.2 Å². The zero-order valence-corrected chi connectivity index (χ0v) is 28.2. The summed E-state index contributed by atoms with van der Waals surface area (Å²) in [5.41, 5.74) is 3.43. The van der Waals surface area contributed by atoms with E-state index in [0.717, 1.165) is 48.2 Å². The number of hydrogen-bond acceptors (Lipinski definition) is 4. The molecule has 0 fully saturated rings. The van der Waals surface area contributed by atoms with E-state index in [1.807, 2.05) is 36.4 Å². The zero-order valence-electron chi connectivity index (χ0n) is 23.4. The number of halogens is 1. The molecule has 0 bridgehead atoms. The molecular formula is C29H31ClN2Na2O5. The van der Waals surface area contributed by atoms with Crippen LogP contribution in [0.4, 0.5) is 5.69 Å². The van der Waals surface area contributed by atoms with Gasteiger partial charge in [-0.05, 0) is 63.6 Å². The second-order valence-electron chi connectivity index (χ2n) is 8.55. The molecule has 0 saturated heterocycles. The Kier molecular flexibility index (Phi) is 13.7. The monoisotopic (exact) mass is 568 g/mol. The summed E-state index contributed by atoms with van der Waals surface area (Å²) in [6, 6.07) is 16.1. The Morgan fingerprint density at radius 3 is 2.03 bits per heavy atom. The maximum absolute atomic E-state index is 12.3. The first-order valence-electron chi connectivity index (χ1n) is 12.3. The van der Waals surface area contributed by atoms with Gasteiger partial charge in [0.05, 0.1) is 17.2 Å². The molecule has 2 aromatic carbocycles. The van der Waals surface area contributed by atoms with Crippen LogP contribution < -0.4 is 27.2 Å². The number of aromatic carboxylic acids is 2. The molecule has 1 heterocycles. The summed E-state index contributed by atoms with van der Waals surface area (Å²) < 4.78 is 8.65. The molecule has 7 nitrogen and oxygen atoms in total. The smallest absolute Gasteiger partial charge is 0.336 e. The Labute approximate surface area is 278 Å². The van der Waals surface area contributed by atoms with Gasteiger partial charge in [-0.3, -0.25) is 0 Å². The average Bonchev–Trinajstić information content (AvgIpc) is 2.88. The van der Waals surface area contributed by atoms with Crippen LogP contribution in [0.1, 0.15) is 48.4 Å². The van der Waals surface area contributed by atoms with Gasteiger partial charge in [-0.2, -0.15) is 0 Å². The molecule has 2 aromatic rings. The number of carbonyl (C=O) groups is 2. The van der Waals surface area contributed by atoms with E-state index in [4.69, 9.17) is 4.42 Å². The minimum atomic E-state index is -1.19. The van der Waals surface area contributed by atoms with Crippen molar-refractivity contribution < 1.29 is 36.6 Å². The van der Waals surface area contributed by atoms with Crippen LogP contribution in [0.5, 0.6) is 0 Å². The van der Waals surface area contributed by atoms with Crippen LogP contribution in [0, 0.1) is 0 Å². The SMILES string of the molecule is CCN(CC)c1ccc2c(-c3ccc(C(=O)O)cc3C(=O)O)c3ccc(=[N+](CC)CC)cc-3oc2c1.[Cl-].[Na].[Na]. The van der Waals surface area contributed by atoms with Crippen LogP contribution in [-0.2, 0) is 0 Å². The summed E-state index contributed by atoms with van der Waals surface area (Å²) in [6.45, 7) is 11.7. The Hall–Kier alpha value is -1.84. The second-order valence-corrected chi connectivity index (χ2v) is 8.55. The fourth-order valence-electron chi connectivity index (χ4n) is 4.80. The molecule has 1 aliphatic heterocycles. The van der Waals surface area contributed by atoms with Crippen molar-refractivity contribution >= 4 is 87.7 Å². The predicted molar refractivity (Wildman–Crippen MR) is 154 cm³/mol. The van der Waals surface area contributed by atoms with Crippen LogP contribution in [0.25, 0.3) is 33.4 Å². The first kappa shape index (κ1) is 35.2. The third-order valence-electron chi connectivity index (χ3n) is 6.71. The molecule has 0 saturated carbocycles. The maximum atomic E-state index is 12.3. The molecule has 0 spiro atoms. The van der Waals surface area contributed by atoms with E-state index in [1.165, 1.54) is 12.1 Å². The minimum Gasteiger partial charge on any atom is -1.00 e. The molecule has 2 N–H and O–H groups in total. The van der Waals surface area contributed by atoms with Crippen molar-refractivity contribution in [2.45, 2.75) is 27.7 Å². The standard InChI is InChI=1S/C29H30N2O5.ClH.2Na/c1-5-30(6-2)19-10-13-22-25(16-19)36-26-17-20(31(7-3)8-4)11-14-23(26)27(22)21-12-9-18(28(32)33)15-24(21)29(34)35;;;/h9-17H,5-8H2,1-4H3,(H-,32,33,34,35);1H;;. The van der Waals surface area contributed by atoms with Crippen LogP contribution in [0.2, 0.25) is 0 Å². The molecule has 0 unspecified atom stereocenters. The Balaban J connectivity index is 0.00000253. The molecule has 0 amide bonds. The number of benzene rings is 3. The molecule has 0 atom stereocenters. The summed E-state index contributed by atoms with van der Waals surface area (Å²) >= 11 is 0. The van der Waals surface area contributed by atoms with Gasteiger partial charge in [-0.1, -0.05) is 6.07 Å². The van der Waals surface area contributed by atoms with Crippen LogP contribution in [-0.4, -0.2) is 107 Å². The Bertz CT molecular complexity index is 1510. The summed E-state index contributed by atoms with van der Waals surface area (Å²) in [7, 11) is 0. The molecule has 39 heavy (non-hydrogen) atoms.